The van der Waals surface area contributed by atoms with Gasteiger partial charge in [-0.05, 0) is 42.1 Å². The molecule has 1 atom stereocenters. The van der Waals surface area contributed by atoms with Gasteiger partial charge in [0.05, 0.1) is 30.5 Å². The molecule has 0 bridgehead atoms. The van der Waals surface area contributed by atoms with Crippen LogP contribution in [0.4, 0.5) is 13.2 Å². The SMILES string of the molecule is O=C(c1cnns1)N1CC(c2cccc(C(F)(F)F)c2)OCC12CCCC2. The van der Waals surface area contributed by atoms with Crippen LogP contribution in [0.5, 0.6) is 0 Å². The molecule has 1 amide bonds. The molecule has 2 heterocycles. The molecule has 5 nitrogen and oxygen atoms in total. The maximum absolute atomic E-state index is 13.0. The Morgan fingerprint density at radius 3 is 2.74 bits per heavy atom. The molecule has 1 aromatic carbocycles. The van der Waals surface area contributed by atoms with Crippen LogP contribution in [0.1, 0.15) is 52.6 Å². The van der Waals surface area contributed by atoms with E-state index in [-0.39, 0.29) is 18.0 Å². The van der Waals surface area contributed by atoms with Gasteiger partial charge in [-0.15, -0.1) is 5.10 Å². The van der Waals surface area contributed by atoms with E-state index in [4.69, 9.17) is 4.74 Å². The first kappa shape index (κ1) is 18.4. The number of benzene rings is 1. The molecular weight excluding hydrogens is 379 g/mol. The fourth-order valence-corrected chi connectivity index (χ4v) is 4.47. The van der Waals surface area contributed by atoms with E-state index in [1.54, 1.807) is 11.0 Å². The summed E-state index contributed by atoms with van der Waals surface area (Å²) in [4.78, 5) is 15.3. The van der Waals surface area contributed by atoms with E-state index in [0.717, 1.165) is 49.3 Å². The van der Waals surface area contributed by atoms with Crippen molar-refractivity contribution in [2.75, 3.05) is 13.2 Å². The van der Waals surface area contributed by atoms with Crippen molar-refractivity contribution in [2.45, 2.75) is 43.5 Å². The van der Waals surface area contributed by atoms with E-state index >= 15 is 0 Å². The molecule has 1 aliphatic carbocycles. The lowest BCUT2D eigenvalue weighted by Crippen LogP contribution is -2.58. The Morgan fingerprint density at radius 2 is 2.07 bits per heavy atom. The second-order valence-corrected chi connectivity index (χ2v) is 7.84. The van der Waals surface area contributed by atoms with Crippen molar-refractivity contribution >= 4 is 17.4 Å². The molecule has 0 radical (unpaired) electrons. The summed E-state index contributed by atoms with van der Waals surface area (Å²) in [6.45, 7) is 0.546. The first-order chi connectivity index (χ1) is 12.9. The summed E-state index contributed by atoms with van der Waals surface area (Å²) in [7, 11) is 0. The Hall–Kier alpha value is -2.00. The van der Waals surface area contributed by atoms with Crippen molar-refractivity contribution in [3.05, 3.63) is 46.5 Å². The lowest BCUT2D eigenvalue weighted by atomic mass is 9.91. The number of alkyl halides is 3. The van der Waals surface area contributed by atoms with Gasteiger partial charge < -0.3 is 9.64 Å². The van der Waals surface area contributed by atoms with E-state index in [0.29, 0.717) is 17.0 Å². The first-order valence-electron chi connectivity index (χ1n) is 8.77. The third-order valence-electron chi connectivity index (χ3n) is 5.41. The number of ether oxygens (including phenoxy) is 1. The number of halogens is 3. The van der Waals surface area contributed by atoms with Crippen molar-refractivity contribution in [3.63, 3.8) is 0 Å². The highest BCUT2D eigenvalue weighted by Gasteiger charge is 2.47. The van der Waals surface area contributed by atoms with E-state index in [9.17, 15) is 18.0 Å². The largest absolute Gasteiger partial charge is 0.416 e. The highest BCUT2D eigenvalue weighted by atomic mass is 32.1. The first-order valence-corrected chi connectivity index (χ1v) is 9.54. The van der Waals surface area contributed by atoms with Crippen LogP contribution in [0.15, 0.2) is 30.5 Å². The molecule has 1 unspecified atom stereocenters. The maximum Gasteiger partial charge on any atom is 0.416 e. The van der Waals surface area contributed by atoms with Crippen molar-refractivity contribution in [1.82, 2.24) is 14.5 Å². The fraction of sp³-hybridized carbons (Fsp3) is 0.500. The van der Waals surface area contributed by atoms with Crippen LogP contribution in [0.3, 0.4) is 0 Å². The number of hydrogen-bond acceptors (Lipinski definition) is 5. The summed E-state index contributed by atoms with van der Waals surface area (Å²) in [5.41, 5.74) is -0.675. The molecule has 1 saturated heterocycles. The van der Waals surface area contributed by atoms with Gasteiger partial charge in [-0.25, -0.2) is 0 Å². The van der Waals surface area contributed by atoms with Crippen molar-refractivity contribution in [1.29, 1.82) is 0 Å². The molecular formula is C18H18F3N3O2S. The van der Waals surface area contributed by atoms with Crippen LogP contribution >= 0.6 is 11.5 Å². The molecule has 1 aromatic heterocycles. The van der Waals surface area contributed by atoms with Gasteiger partial charge >= 0.3 is 6.18 Å². The predicted molar refractivity (Wildman–Crippen MR) is 92.3 cm³/mol. The van der Waals surface area contributed by atoms with Crippen molar-refractivity contribution in [3.8, 4) is 0 Å². The zero-order chi connectivity index (χ0) is 19.1. The van der Waals surface area contributed by atoms with Crippen LogP contribution in [0.25, 0.3) is 0 Å². The number of rotatable bonds is 2. The Balaban J connectivity index is 1.63. The van der Waals surface area contributed by atoms with Crippen molar-refractivity contribution < 1.29 is 22.7 Å². The zero-order valence-corrected chi connectivity index (χ0v) is 15.2. The minimum absolute atomic E-state index is 0.174. The normalized spacial score (nSPS) is 22.3. The number of aromatic nitrogens is 2. The monoisotopic (exact) mass is 397 g/mol. The van der Waals surface area contributed by atoms with Gasteiger partial charge in [0.1, 0.15) is 11.0 Å². The lowest BCUT2D eigenvalue weighted by Gasteiger charge is -2.47. The van der Waals surface area contributed by atoms with Crippen LogP contribution in [0.2, 0.25) is 0 Å². The molecule has 1 saturated carbocycles. The summed E-state index contributed by atoms with van der Waals surface area (Å²) in [6.07, 6.45) is 0.0971. The predicted octanol–water partition coefficient (Wildman–Crippen LogP) is 4.08. The summed E-state index contributed by atoms with van der Waals surface area (Å²) in [5, 5.41) is 3.73. The van der Waals surface area contributed by atoms with E-state index in [1.165, 1.54) is 12.3 Å². The minimum atomic E-state index is -4.42. The average Bonchev–Trinajstić information content (AvgIpc) is 3.34. The van der Waals surface area contributed by atoms with Crippen molar-refractivity contribution in [2.24, 2.45) is 0 Å². The maximum atomic E-state index is 13.0. The van der Waals surface area contributed by atoms with Gasteiger partial charge in [-0.1, -0.05) is 29.5 Å². The van der Waals surface area contributed by atoms with E-state index in [1.807, 2.05) is 0 Å². The van der Waals surface area contributed by atoms with Crippen LogP contribution < -0.4 is 0 Å². The van der Waals surface area contributed by atoms with Gasteiger partial charge in [0.25, 0.3) is 5.91 Å². The third kappa shape index (κ3) is 3.45. The van der Waals surface area contributed by atoms with Gasteiger partial charge in [-0.3, -0.25) is 4.79 Å². The summed E-state index contributed by atoms with van der Waals surface area (Å²) in [6, 6.07) is 5.13. The molecule has 144 valence electrons. The number of morpholine rings is 1. The summed E-state index contributed by atoms with van der Waals surface area (Å²) >= 11 is 1.03. The van der Waals surface area contributed by atoms with Crippen LogP contribution in [0, 0.1) is 0 Å². The Morgan fingerprint density at radius 1 is 1.30 bits per heavy atom. The highest BCUT2D eigenvalue weighted by Crippen LogP contribution is 2.42. The number of carbonyl (C=O) groups excluding carboxylic acids is 1. The lowest BCUT2D eigenvalue weighted by molar-refractivity contribution is -0.138. The number of nitrogens with zero attached hydrogens (tertiary/aromatic N) is 3. The minimum Gasteiger partial charge on any atom is -0.369 e. The van der Waals surface area contributed by atoms with Crippen LogP contribution in [-0.4, -0.2) is 39.1 Å². The molecule has 2 aromatic rings. The quantitative estimate of drug-likeness (QED) is 0.766. The average molecular weight is 397 g/mol. The molecule has 1 spiro atoms. The highest BCUT2D eigenvalue weighted by molar-refractivity contribution is 7.07. The standard InChI is InChI=1S/C18H18F3N3O2S/c19-18(20,21)13-5-3-4-12(8-13)14-10-24(16(25)15-9-22-23-27-15)17(11-26-14)6-1-2-7-17/h3-5,8-9,14H,1-2,6-7,10-11H2. The van der Waals surface area contributed by atoms with E-state index in [2.05, 4.69) is 9.59 Å². The number of hydrogen-bond donors (Lipinski definition) is 0. The smallest absolute Gasteiger partial charge is 0.369 e. The fourth-order valence-electron chi connectivity index (χ4n) is 4.00. The Labute approximate surface area is 158 Å². The van der Waals surface area contributed by atoms with Gasteiger partial charge in [-0.2, -0.15) is 13.2 Å². The molecule has 1 aliphatic heterocycles. The van der Waals surface area contributed by atoms with Gasteiger partial charge in [0.2, 0.25) is 0 Å². The summed E-state index contributed by atoms with van der Waals surface area (Å²) < 4.78 is 48.9. The van der Waals surface area contributed by atoms with Crippen LogP contribution in [-0.2, 0) is 10.9 Å². The third-order valence-corrected chi connectivity index (χ3v) is 6.06. The van der Waals surface area contributed by atoms with Gasteiger partial charge in [0.15, 0.2) is 0 Å². The molecule has 27 heavy (non-hydrogen) atoms. The Bertz CT molecular complexity index is 820. The van der Waals surface area contributed by atoms with E-state index < -0.39 is 17.8 Å². The number of amides is 1. The van der Waals surface area contributed by atoms with Gasteiger partial charge in [0, 0.05) is 0 Å². The topological polar surface area (TPSA) is 55.3 Å². The second-order valence-electron chi connectivity index (χ2n) is 7.05. The molecule has 4 rings (SSSR count). The molecule has 9 heteroatoms. The zero-order valence-electron chi connectivity index (χ0n) is 14.4. The Kier molecular flexibility index (Phi) is 4.67. The summed E-state index contributed by atoms with van der Waals surface area (Å²) in [5.74, 6) is -0.174. The second kappa shape index (κ2) is 6.87. The number of carbonyl (C=O) groups is 1. The molecule has 2 aliphatic rings. The molecule has 0 N–H and O–H groups in total. The molecule has 2 fully saturated rings.